The Morgan fingerprint density at radius 1 is 0.767 bits per heavy atom. The molecule has 0 fully saturated rings. The maximum absolute atomic E-state index is 12.7. The lowest BCUT2D eigenvalue weighted by atomic mass is 10.2. The number of carbonyl (C=O) groups excluding carboxylic acids is 4. The van der Waals surface area contributed by atoms with Crippen LogP contribution in [0.5, 0.6) is 0 Å². The van der Waals surface area contributed by atoms with Crippen LogP contribution in [-0.2, 0) is 33.4 Å². The average Bonchev–Trinajstić information content (AvgIpc) is 2.63. The number of nitrogens with zero attached hydrogens (tertiary/aromatic N) is 1. The van der Waals surface area contributed by atoms with E-state index in [9.17, 15) is 19.2 Å². The number of carbonyl (C=O) groups is 4. The molecule has 0 saturated heterocycles. The summed E-state index contributed by atoms with van der Waals surface area (Å²) >= 11 is 0. The SMILES string of the molecule is C=C(C)C(=O)OCCCC(=O)N(CC(C)OC(=O)C(=C)C)CC(C)OC(=O)C(=C)C. The first kappa shape index (κ1) is 27.1. The molecule has 1 amide bonds. The first-order valence-electron chi connectivity index (χ1n) is 9.68. The van der Waals surface area contributed by atoms with Gasteiger partial charge < -0.3 is 19.1 Å². The molecule has 0 rings (SSSR count). The summed E-state index contributed by atoms with van der Waals surface area (Å²) in [6.07, 6.45) is -0.771. The predicted octanol–water partition coefficient (Wildman–Crippen LogP) is 2.73. The third-order valence-corrected chi connectivity index (χ3v) is 3.74. The molecule has 2 atom stereocenters. The van der Waals surface area contributed by atoms with E-state index in [1.54, 1.807) is 13.8 Å². The fraction of sp³-hybridized carbons (Fsp3) is 0.545. The highest BCUT2D eigenvalue weighted by Crippen LogP contribution is 2.09. The Bertz CT molecular complexity index is 660. The molecule has 0 aromatic heterocycles. The Hall–Kier alpha value is -2.90. The molecule has 0 aliphatic rings. The maximum Gasteiger partial charge on any atom is 0.333 e. The summed E-state index contributed by atoms with van der Waals surface area (Å²) in [5.74, 6) is -1.87. The third kappa shape index (κ3) is 11.2. The van der Waals surface area contributed by atoms with Crippen molar-refractivity contribution in [3.63, 3.8) is 0 Å². The Morgan fingerprint density at radius 3 is 1.53 bits per heavy atom. The van der Waals surface area contributed by atoms with Gasteiger partial charge in [-0.05, 0) is 41.0 Å². The molecule has 0 saturated carbocycles. The highest BCUT2D eigenvalue weighted by Gasteiger charge is 2.23. The van der Waals surface area contributed by atoms with Crippen molar-refractivity contribution in [2.45, 2.75) is 59.7 Å². The number of ether oxygens (including phenoxy) is 3. The molecule has 168 valence electrons. The van der Waals surface area contributed by atoms with Crippen LogP contribution in [0.25, 0.3) is 0 Å². The van der Waals surface area contributed by atoms with Gasteiger partial charge in [-0.25, -0.2) is 14.4 Å². The van der Waals surface area contributed by atoms with Gasteiger partial charge in [0, 0.05) is 23.1 Å². The van der Waals surface area contributed by atoms with Crippen LogP contribution in [0, 0.1) is 0 Å². The largest absolute Gasteiger partial charge is 0.462 e. The van der Waals surface area contributed by atoms with Crippen molar-refractivity contribution >= 4 is 23.8 Å². The van der Waals surface area contributed by atoms with Crippen LogP contribution in [0.15, 0.2) is 36.5 Å². The summed E-state index contributed by atoms with van der Waals surface area (Å²) in [5.41, 5.74) is 0.787. The molecular weight excluding hydrogens is 390 g/mol. The zero-order valence-corrected chi connectivity index (χ0v) is 18.6. The van der Waals surface area contributed by atoms with Crippen LogP contribution in [0.2, 0.25) is 0 Å². The topological polar surface area (TPSA) is 99.2 Å². The fourth-order valence-electron chi connectivity index (χ4n) is 2.21. The molecule has 0 aromatic carbocycles. The molecule has 0 aliphatic carbocycles. The fourth-order valence-corrected chi connectivity index (χ4v) is 2.21. The van der Waals surface area contributed by atoms with Gasteiger partial charge in [0.05, 0.1) is 19.7 Å². The zero-order chi connectivity index (χ0) is 23.4. The van der Waals surface area contributed by atoms with Gasteiger partial charge in [-0.3, -0.25) is 4.79 Å². The summed E-state index contributed by atoms with van der Waals surface area (Å²) in [5, 5.41) is 0. The van der Waals surface area contributed by atoms with Crippen LogP contribution in [0.3, 0.4) is 0 Å². The number of esters is 3. The number of amides is 1. The molecule has 0 aliphatic heterocycles. The first-order valence-corrected chi connectivity index (χ1v) is 9.68. The van der Waals surface area contributed by atoms with E-state index in [4.69, 9.17) is 14.2 Å². The van der Waals surface area contributed by atoms with Crippen LogP contribution in [0.4, 0.5) is 0 Å². The van der Waals surface area contributed by atoms with Crippen LogP contribution < -0.4 is 0 Å². The predicted molar refractivity (Wildman–Crippen MR) is 112 cm³/mol. The molecule has 0 spiro atoms. The van der Waals surface area contributed by atoms with E-state index in [1.807, 2.05) is 0 Å². The van der Waals surface area contributed by atoms with Gasteiger partial charge >= 0.3 is 17.9 Å². The van der Waals surface area contributed by atoms with Gasteiger partial charge in [0.25, 0.3) is 0 Å². The third-order valence-electron chi connectivity index (χ3n) is 3.74. The van der Waals surface area contributed by atoms with Crippen LogP contribution >= 0.6 is 0 Å². The standard InChI is InChI=1S/C22H33NO7/c1-14(2)20(25)28-11-9-10-19(24)23(12-17(7)29-21(26)15(3)4)13-18(8)30-22(27)16(5)6/h17-18H,1,3,5,9-13H2,2,4,6-8H3. The van der Waals surface area contributed by atoms with Gasteiger partial charge in [0.15, 0.2) is 0 Å². The summed E-state index contributed by atoms with van der Waals surface area (Å²) in [7, 11) is 0. The quantitative estimate of drug-likeness (QED) is 0.194. The number of hydrogen-bond donors (Lipinski definition) is 0. The number of rotatable bonds is 13. The molecular formula is C22H33NO7. The lowest BCUT2D eigenvalue weighted by Gasteiger charge is -2.28. The van der Waals surface area contributed by atoms with E-state index < -0.39 is 30.1 Å². The molecule has 0 aromatic rings. The van der Waals surface area contributed by atoms with E-state index in [2.05, 4.69) is 19.7 Å². The summed E-state index contributed by atoms with van der Waals surface area (Å²) < 4.78 is 15.5. The van der Waals surface area contributed by atoms with Crippen molar-refractivity contribution in [3.05, 3.63) is 36.5 Å². The normalized spacial score (nSPS) is 12.2. The Morgan fingerprint density at radius 2 is 1.17 bits per heavy atom. The monoisotopic (exact) mass is 423 g/mol. The van der Waals surface area contributed by atoms with Crippen molar-refractivity contribution in [1.82, 2.24) is 4.90 Å². The lowest BCUT2D eigenvalue weighted by molar-refractivity contribution is -0.150. The first-order chi connectivity index (χ1) is 13.8. The van der Waals surface area contributed by atoms with E-state index in [1.165, 1.54) is 25.7 Å². The second kappa shape index (κ2) is 13.3. The highest BCUT2D eigenvalue weighted by atomic mass is 16.5. The Kier molecular flexibility index (Phi) is 12.1. The van der Waals surface area contributed by atoms with Gasteiger partial charge in [-0.15, -0.1) is 0 Å². The average molecular weight is 424 g/mol. The lowest BCUT2D eigenvalue weighted by Crippen LogP contribution is -2.43. The number of hydrogen-bond acceptors (Lipinski definition) is 7. The van der Waals surface area contributed by atoms with Crippen LogP contribution in [-0.4, -0.2) is 60.6 Å². The molecule has 0 heterocycles. The summed E-state index contributed by atoms with van der Waals surface area (Å²) in [4.78, 5) is 49.0. The minimum atomic E-state index is -0.594. The van der Waals surface area contributed by atoms with Crippen molar-refractivity contribution in [2.75, 3.05) is 19.7 Å². The van der Waals surface area contributed by atoms with E-state index in [0.717, 1.165) is 0 Å². The van der Waals surface area contributed by atoms with E-state index in [0.29, 0.717) is 6.42 Å². The molecule has 8 nitrogen and oxygen atoms in total. The van der Waals surface area contributed by atoms with Gasteiger partial charge in [-0.1, -0.05) is 19.7 Å². The zero-order valence-electron chi connectivity index (χ0n) is 18.6. The smallest absolute Gasteiger partial charge is 0.333 e. The molecule has 0 radical (unpaired) electrons. The second-order valence-corrected chi connectivity index (χ2v) is 7.31. The van der Waals surface area contributed by atoms with Crippen molar-refractivity contribution in [3.8, 4) is 0 Å². The Labute approximate surface area is 178 Å². The molecule has 30 heavy (non-hydrogen) atoms. The van der Waals surface area contributed by atoms with Gasteiger partial charge in [0.2, 0.25) is 5.91 Å². The minimum Gasteiger partial charge on any atom is -0.462 e. The highest BCUT2D eigenvalue weighted by molar-refractivity contribution is 5.88. The Balaban J connectivity index is 4.96. The molecule has 0 N–H and O–H groups in total. The van der Waals surface area contributed by atoms with Crippen molar-refractivity contribution in [1.29, 1.82) is 0 Å². The maximum atomic E-state index is 12.7. The van der Waals surface area contributed by atoms with Gasteiger partial charge in [-0.2, -0.15) is 0 Å². The van der Waals surface area contributed by atoms with E-state index in [-0.39, 0.29) is 48.7 Å². The van der Waals surface area contributed by atoms with E-state index >= 15 is 0 Å². The molecule has 2 unspecified atom stereocenters. The summed E-state index contributed by atoms with van der Waals surface area (Å²) in [6, 6.07) is 0. The van der Waals surface area contributed by atoms with Gasteiger partial charge in [0.1, 0.15) is 12.2 Å². The molecule has 8 heteroatoms. The van der Waals surface area contributed by atoms with Crippen LogP contribution in [0.1, 0.15) is 47.5 Å². The second-order valence-electron chi connectivity index (χ2n) is 7.31. The van der Waals surface area contributed by atoms with Crippen molar-refractivity contribution < 1.29 is 33.4 Å². The summed E-state index contributed by atoms with van der Waals surface area (Å²) in [6.45, 7) is 18.7. The minimum absolute atomic E-state index is 0.0751. The van der Waals surface area contributed by atoms with Crippen molar-refractivity contribution in [2.24, 2.45) is 0 Å². The molecule has 0 bridgehead atoms.